The monoisotopic (exact) mass is 1130 g/mol. The summed E-state index contributed by atoms with van der Waals surface area (Å²) in [5.74, 6) is 0. The first kappa shape index (κ1) is 52.2. The Hall–Kier alpha value is -11.4. The molecule has 0 amide bonds. The maximum atomic E-state index is 14.1. The van der Waals surface area contributed by atoms with Crippen molar-refractivity contribution in [2.24, 2.45) is 0 Å². The fourth-order valence-corrected chi connectivity index (χ4v) is 13.6. The van der Waals surface area contributed by atoms with E-state index in [0.29, 0.717) is 11.1 Å². The van der Waals surface area contributed by atoms with E-state index in [0.717, 1.165) is 129 Å². The first-order valence-electron chi connectivity index (χ1n) is 29.5. The van der Waals surface area contributed by atoms with Gasteiger partial charge in [0.15, 0.2) is 0 Å². The highest BCUT2D eigenvalue weighted by Crippen LogP contribution is 2.49. The quantitative estimate of drug-likeness (QED) is 0.135. The molecule has 0 atom stereocenters. The zero-order chi connectivity index (χ0) is 59.0. The van der Waals surface area contributed by atoms with E-state index >= 15 is 0 Å². The summed E-state index contributed by atoms with van der Waals surface area (Å²) in [6.07, 6.45) is -4.60. The van der Waals surface area contributed by atoms with Crippen LogP contribution in [0.5, 0.6) is 0 Å². The van der Waals surface area contributed by atoms with Gasteiger partial charge in [0.25, 0.3) is 6.71 Å². The second-order valence-corrected chi connectivity index (χ2v) is 22.6. The molecule has 0 N–H and O–H groups in total. The number of alkyl halides is 3. The van der Waals surface area contributed by atoms with Gasteiger partial charge >= 0.3 is 6.18 Å². The number of benzene rings is 13. The molecule has 2 aliphatic rings. The van der Waals surface area contributed by atoms with Crippen molar-refractivity contribution in [2.75, 3.05) is 9.80 Å². The molecule has 414 valence electrons. The van der Waals surface area contributed by atoms with Crippen molar-refractivity contribution in [3.05, 3.63) is 314 Å². The Morgan fingerprint density at radius 1 is 0.318 bits per heavy atom. The molecule has 0 fully saturated rings. The molecule has 14 aromatic rings. The predicted molar refractivity (Wildman–Crippen MR) is 357 cm³/mol. The maximum absolute atomic E-state index is 14.1. The lowest BCUT2D eigenvalue weighted by atomic mass is 9.33. The molecule has 0 spiro atoms. The van der Waals surface area contributed by atoms with E-state index in [9.17, 15) is 18.4 Å². The summed E-state index contributed by atoms with van der Waals surface area (Å²) in [5.41, 5.74) is 23.8. The minimum atomic E-state index is -4.60. The Morgan fingerprint density at radius 3 is 1.27 bits per heavy atom. The maximum Gasteiger partial charge on any atom is 0.416 e. The minimum absolute atomic E-state index is 0.0511. The standard InChI is InChI=1S/C80H50BF3N4/c82-80(83,84)63-36-41-66(62(45-63)51-85)67-25-13-15-27-72(67)88-73-28-16-14-26-68(73)69-46-58(33-42-74(69)88)61-49-77-79-78(50-61)87(65-39-31-57(32-40-65)53-19-7-2-8-20-53)76-44-35-60(55-23-11-4-12-24-55)48-71(76)81(79)70-47-59(54-21-9-3-10-22-54)34-43-75(70)86(77)64-37-29-56(30-38-64)52-17-5-1-6-18-52/h1-50H. The van der Waals surface area contributed by atoms with Crippen molar-refractivity contribution in [2.45, 2.75) is 6.18 Å². The van der Waals surface area contributed by atoms with Gasteiger partial charge in [-0.2, -0.15) is 18.4 Å². The molecule has 2 aliphatic heterocycles. The van der Waals surface area contributed by atoms with Crippen molar-refractivity contribution >= 4 is 79.0 Å². The van der Waals surface area contributed by atoms with Crippen molar-refractivity contribution in [3.8, 4) is 78.5 Å². The van der Waals surface area contributed by atoms with Crippen LogP contribution >= 0.6 is 0 Å². The Bertz CT molecular complexity index is 4880. The minimum Gasteiger partial charge on any atom is -0.311 e. The number of aromatic nitrogens is 1. The molecule has 0 bridgehead atoms. The molecule has 16 rings (SSSR count). The topological polar surface area (TPSA) is 35.2 Å². The van der Waals surface area contributed by atoms with Crippen molar-refractivity contribution in [1.82, 2.24) is 4.57 Å². The van der Waals surface area contributed by atoms with E-state index in [2.05, 4.69) is 269 Å². The van der Waals surface area contributed by atoms with Crippen molar-refractivity contribution < 1.29 is 13.2 Å². The number of hydrogen-bond donors (Lipinski definition) is 0. The highest BCUT2D eigenvalue weighted by Gasteiger charge is 2.44. The lowest BCUT2D eigenvalue weighted by Gasteiger charge is -2.44. The summed E-state index contributed by atoms with van der Waals surface area (Å²) < 4.78 is 44.3. The fraction of sp³-hybridized carbons (Fsp3) is 0.0125. The number of anilines is 6. The predicted octanol–water partition coefficient (Wildman–Crippen LogP) is 19.8. The molecular formula is C80H50BF3N4. The number of rotatable bonds is 9. The van der Waals surface area contributed by atoms with E-state index in [4.69, 9.17) is 0 Å². The lowest BCUT2D eigenvalue weighted by molar-refractivity contribution is -0.137. The number of hydrogen-bond acceptors (Lipinski definition) is 3. The van der Waals surface area contributed by atoms with Gasteiger partial charge in [0.2, 0.25) is 0 Å². The van der Waals surface area contributed by atoms with Gasteiger partial charge in [-0.3, -0.25) is 0 Å². The SMILES string of the molecule is N#Cc1cc(C(F)(F)F)ccc1-c1ccccc1-n1c2ccccc2c2cc(-c3cc4c5c(c3)N(c3ccc(-c6ccccc6)cc3)c3ccc(-c6ccccc6)cc3B5c3cc(-c5ccccc5)ccc3N4c3ccc(-c4ccccc4)cc3)ccc21. The summed E-state index contributed by atoms with van der Waals surface area (Å²) in [6.45, 7) is -0.192. The first-order valence-corrected chi connectivity index (χ1v) is 29.5. The largest absolute Gasteiger partial charge is 0.416 e. The number of nitriles is 1. The second-order valence-electron chi connectivity index (χ2n) is 22.6. The summed E-state index contributed by atoms with van der Waals surface area (Å²) in [5, 5.41) is 12.4. The Balaban J connectivity index is 0.955. The fourth-order valence-electron chi connectivity index (χ4n) is 13.6. The Morgan fingerprint density at radius 2 is 0.750 bits per heavy atom. The summed E-state index contributed by atoms with van der Waals surface area (Å²) in [6, 6.07) is 107. The van der Waals surface area contributed by atoms with E-state index in [1.807, 2.05) is 36.4 Å². The van der Waals surface area contributed by atoms with Crippen LogP contribution in [-0.4, -0.2) is 11.3 Å². The molecule has 0 unspecified atom stereocenters. The molecule has 4 nitrogen and oxygen atoms in total. The number of para-hydroxylation sites is 2. The van der Waals surface area contributed by atoms with Crippen LogP contribution in [0.1, 0.15) is 11.1 Å². The third-order valence-corrected chi connectivity index (χ3v) is 17.7. The van der Waals surface area contributed by atoms with Crippen LogP contribution in [0.2, 0.25) is 0 Å². The molecule has 0 saturated carbocycles. The zero-order valence-corrected chi connectivity index (χ0v) is 47.4. The highest BCUT2D eigenvalue weighted by atomic mass is 19.4. The molecule has 0 aliphatic carbocycles. The zero-order valence-electron chi connectivity index (χ0n) is 47.4. The Labute approximate surface area is 508 Å². The molecule has 0 saturated heterocycles. The van der Waals surface area contributed by atoms with Crippen LogP contribution in [0.15, 0.2) is 303 Å². The van der Waals surface area contributed by atoms with Gasteiger partial charge in [-0.1, -0.05) is 218 Å². The molecule has 0 radical (unpaired) electrons. The van der Waals surface area contributed by atoms with E-state index in [-0.39, 0.29) is 12.3 Å². The summed E-state index contributed by atoms with van der Waals surface area (Å²) in [4.78, 5) is 4.94. The van der Waals surface area contributed by atoms with Gasteiger partial charge < -0.3 is 14.4 Å². The number of halogens is 3. The van der Waals surface area contributed by atoms with Gasteiger partial charge in [0.1, 0.15) is 0 Å². The average molecular weight is 1140 g/mol. The van der Waals surface area contributed by atoms with Crippen LogP contribution < -0.4 is 26.2 Å². The van der Waals surface area contributed by atoms with Gasteiger partial charge in [-0.15, -0.1) is 0 Å². The lowest BCUT2D eigenvalue weighted by Crippen LogP contribution is -2.61. The third kappa shape index (κ3) is 8.78. The Kier molecular flexibility index (Phi) is 12.4. The van der Waals surface area contributed by atoms with Crippen molar-refractivity contribution in [3.63, 3.8) is 0 Å². The number of fused-ring (bicyclic) bond motifs is 7. The van der Waals surface area contributed by atoms with Crippen LogP contribution in [0.25, 0.3) is 94.3 Å². The molecule has 88 heavy (non-hydrogen) atoms. The van der Waals surface area contributed by atoms with E-state index in [1.54, 1.807) is 0 Å². The van der Waals surface area contributed by atoms with E-state index < -0.39 is 11.7 Å². The molecule has 13 aromatic carbocycles. The van der Waals surface area contributed by atoms with E-state index in [1.165, 1.54) is 22.5 Å². The summed E-state index contributed by atoms with van der Waals surface area (Å²) >= 11 is 0. The smallest absolute Gasteiger partial charge is 0.311 e. The van der Waals surface area contributed by atoms with Crippen LogP contribution in [0, 0.1) is 11.3 Å². The van der Waals surface area contributed by atoms with Crippen LogP contribution in [0.4, 0.5) is 47.3 Å². The normalized spacial score (nSPS) is 12.4. The molecule has 8 heteroatoms. The molecular weight excluding hydrogens is 1080 g/mol. The second kappa shape index (κ2) is 21.0. The molecule has 3 heterocycles. The first-order chi connectivity index (χ1) is 43.2. The summed E-state index contributed by atoms with van der Waals surface area (Å²) in [7, 11) is 0. The molecule has 1 aromatic heterocycles. The van der Waals surface area contributed by atoms with Gasteiger partial charge in [-0.05, 0) is 157 Å². The van der Waals surface area contributed by atoms with Crippen molar-refractivity contribution in [1.29, 1.82) is 5.26 Å². The van der Waals surface area contributed by atoms with Gasteiger partial charge in [0, 0.05) is 56.0 Å². The highest BCUT2D eigenvalue weighted by molar-refractivity contribution is 7.00. The van der Waals surface area contributed by atoms with Gasteiger partial charge in [0.05, 0.1) is 33.9 Å². The average Bonchev–Trinajstić information content (AvgIpc) is 0.797. The third-order valence-electron chi connectivity index (χ3n) is 17.7. The number of nitrogens with zero attached hydrogens (tertiary/aromatic N) is 4. The van der Waals surface area contributed by atoms with Crippen LogP contribution in [-0.2, 0) is 6.18 Å². The van der Waals surface area contributed by atoms with Gasteiger partial charge in [-0.25, -0.2) is 0 Å². The van der Waals surface area contributed by atoms with Crippen LogP contribution in [0.3, 0.4) is 0 Å².